The maximum atomic E-state index is 12.7. The fourth-order valence-electron chi connectivity index (χ4n) is 3.13. The van der Waals surface area contributed by atoms with Gasteiger partial charge in [-0.1, -0.05) is 49.4 Å². The van der Waals surface area contributed by atoms with Crippen molar-refractivity contribution in [2.45, 2.75) is 38.1 Å². The van der Waals surface area contributed by atoms with Crippen LogP contribution < -0.4 is 10.0 Å². The summed E-state index contributed by atoms with van der Waals surface area (Å²) in [6, 6.07) is 21.1. The smallest absolute Gasteiger partial charge is 0.261 e. The van der Waals surface area contributed by atoms with Crippen LogP contribution in [0, 0.1) is 6.92 Å². The molecule has 3 aromatic rings. The van der Waals surface area contributed by atoms with Crippen molar-refractivity contribution in [2.75, 3.05) is 4.72 Å². The molecule has 1 atom stereocenters. The summed E-state index contributed by atoms with van der Waals surface area (Å²) < 4.78 is 27.6. The third-order valence-electron chi connectivity index (χ3n) is 5.02. The fourth-order valence-corrected chi connectivity index (χ4v) is 4.28. The van der Waals surface area contributed by atoms with Crippen molar-refractivity contribution in [1.82, 2.24) is 5.32 Å². The van der Waals surface area contributed by atoms with Gasteiger partial charge in [0.2, 0.25) is 0 Å². The number of hydrogen-bond acceptors (Lipinski definition) is 3. The van der Waals surface area contributed by atoms with E-state index in [9.17, 15) is 13.2 Å². The molecule has 0 heterocycles. The van der Waals surface area contributed by atoms with E-state index in [0.29, 0.717) is 16.8 Å². The van der Waals surface area contributed by atoms with Gasteiger partial charge in [-0.05, 0) is 67.3 Å². The number of nitrogens with one attached hydrogen (secondary N) is 2. The average Bonchev–Trinajstić information content (AvgIpc) is 2.75. The molecule has 3 aromatic carbocycles. The third-order valence-corrected chi connectivity index (χ3v) is 6.40. The molecule has 6 heteroatoms. The lowest BCUT2D eigenvalue weighted by atomic mass is 10.0. The van der Waals surface area contributed by atoms with Gasteiger partial charge in [0.15, 0.2) is 0 Å². The van der Waals surface area contributed by atoms with Crippen LogP contribution in [0.15, 0.2) is 77.7 Å². The van der Waals surface area contributed by atoms with E-state index in [-0.39, 0.29) is 16.8 Å². The highest BCUT2D eigenvalue weighted by atomic mass is 32.2. The van der Waals surface area contributed by atoms with Crippen LogP contribution in [-0.2, 0) is 16.4 Å². The Morgan fingerprint density at radius 3 is 2.23 bits per heavy atom. The van der Waals surface area contributed by atoms with Gasteiger partial charge in [-0.15, -0.1) is 0 Å². The van der Waals surface area contributed by atoms with Crippen LogP contribution in [0.1, 0.15) is 46.9 Å². The number of amides is 1. The second kappa shape index (κ2) is 9.13. The van der Waals surface area contributed by atoms with E-state index >= 15 is 0 Å². The molecular weight excluding hydrogens is 396 g/mol. The first-order chi connectivity index (χ1) is 14.3. The Kier molecular flexibility index (Phi) is 6.57. The molecule has 156 valence electrons. The first-order valence-electron chi connectivity index (χ1n) is 9.88. The Bertz CT molecular complexity index is 1120. The first kappa shape index (κ1) is 21.6. The predicted molar refractivity (Wildman–Crippen MR) is 120 cm³/mol. The average molecular weight is 423 g/mol. The van der Waals surface area contributed by atoms with Gasteiger partial charge < -0.3 is 5.32 Å². The number of carbonyl (C=O) groups excluding carboxylic acids is 1. The van der Waals surface area contributed by atoms with Crippen LogP contribution in [0.3, 0.4) is 0 Å². The van der Waals surface area contributed by atoms with E-state index < -0.39 is 10.0 Å². The summed E-state index contributed by atoms with van der Waals surface area (Å²) in [6.45, 7) is 5.81. The van der Waals surface area contributed by atoms with Gasteiger partial charge in [0.1, 0.15) is 0 Å². The highest BCUT2D eigenvalue weighted by molar-refractivity contribution is 7.92. The number of aryl methyl sites for hydroxylation is 2. The minimum absolute atomic E-state index is 0.139. The van der Waals surface area contributed by atoms with Crippen LogP contribution in [0.5, 0.6) is 0 Å². The van der Waals surface area contributed by atoms with Crippen molar-refractivity contribution in [3.05, 3.63) is 95.1 Å². The van der Waals surface area contributed by atoms with Gasteiger partial charge >= 0.3 is 0 Å². The SMILES string of the molecule is CCc1ccc([C@@H](C)NC(=O)c2ccc(NS(=O)(=O)c3ccccc3)c(C)c2)cc1. The molecule has 3 rings (SSSR count). The summed E-state index contributed by atoms with van der Waals surface area (Å²) in [7, 11) is -3.68. The van der Waals surface area contributed by atoms with E-state index in [2.05, 4.69) is 29.1 Å². The number of rotatable bonds is 7. The Morgan fingerprint density at radius 1 is 0.967 bits per heavy atom. The number of sulfonamides is 1. The monoisotopic (exact) mass is 422 g/mol. The molecule has 0 aliphatic carbocycles. The molecular formula is C24H26N2O3S. The Balaban J connectivity index is 1.71. The van der Waals surface area contributed by atoms with Crippen LogP contribution >= 0.6 is 0 Å². The maximum absolute atomic E-state index is 12.7. The highest BCUT2D eigenvalue weighted by Gasteiger charge is 2.17. The van der Waals surface area contributed by atoms with Crippen molar-refractivity contribution in [3.8, 4) is 0 Å². The van der Waals surface area contributed by atoms with Gasteiger partial charge in [-0.2, -0.15) is 0 Å². The largest absolute Gasteiger partial charge is 0.346 e. The van der Waals surface area contributed by atoms with Crippen LogP contribution in [0.4, 0.5) is 5.69 Å². The van der Waals surface area contributed by atoms with E-state index in [0.717, 1.165) is 12.0 Å². The lowest BCUT2D eigenvalue weighted by Crippen LogP contribution is -2.26. The molecule has 1 amide bonds. The number of hydrogen-bond donors (Lipinski definition) is 2. The van der Waals surface area contributed by atoms with E-state index in [4.69, 9.17) is 0 Å². The minimum Gasteiger partial charge on any atom is -0.346 e. The number of carbonyl (C=O) groups is 1. The number of anilines is 1. The molecule has 0 bridgehead atoms. The molecule has 0 saturated heterocycles. The minimum atomic E-state index is -3.68. The summed E-state index contributed by atoms with van der Waals surface area (Å²) in [6.07, 6.45) is 0.973. The topological polar surface area (TPSA) is 75.3 Å². The molecule has 0 aromatic heterocycles. The van der Waals surface area contributed by atoms with E-state index in [1.165, 1.54) is 17.7 Å². The Morgan fingerprint density at radius 2 is 1.63 bits per heavy atom. The molecule has 0 aliphatic heterocycles. The van der Waals surface area contributed by atoms with Gasteiger partial charge in [0.25, 0.3) is 15.9 Å². The number of benzene rings is 3. The van der Waals surface area contributed by atoms with Gasteiger partial charge in [-0.25, -0.2) is 8.42 Å². The summed E-state index contributed by atoms with van der Waals surface area (Å²) in [4.78, 5) is 12.9. The van der Waals surface area contributed by atoms with E-state index in [1.54, 1.807) is 43.3 Å². The molecule has 0 spiro atoms. The first-order valence-corrected chi connectivity index (χ1v) is 11.4. The fraction of sp³-hybridized carbons (Fsp3) is 0.208. The summed E-state index contributed by atoms with van der Waals surface area (Å²) in [5.74, 6) is -0.206. The molecule has 5 nitrogen and oxygen atoms in total. The second-order valence-electron chi connectivity index (χ2n) is 7.24. The molecule has 30 heavy (non-hydrogen) atoms. The Hall–Kier alpha value is -3.12. The Labute approximate surface area is 178 Å². The quantitative estimate of drug-likeness (QED) is 0.572. The van der Waals surface area contributed by atoms with Crippen LogP contribution in [-0.4, -0.2) is 14.3 Å². The van der Waals surface area contributed by atoms with Crippen LogP contribution in [0.25, 0.3) is 0 Å². The molecule has 0 radical (unpaired) electrons. The maximum Gasteiger partial charge on any atom is 0.261 e. The molecule has 0 saturated carbocycles. The molecule has 0 unspecified atom stereocenters. The van der Waals surface area contributed by atoms with E-state index in [1.807, 2.05) is 19.1 Å². The van der Waals surface area contributed by atoms with Crippen molar-refractivity contribution >= 4 is 21.6 Å². The van der Waals surface area contributed by atoms with Crippen LogP contribution in [0.2, 0.25) is 0 Å². The van der Waals surface area contributed by atoms with Crippen molar-refractivity contribution in [1.29, 1.82) is 0 Å². The molecule has 2 N–H and O–H groups in total. The van der Waals surface area contributed by atoms with Crippen molar-refractivity contribution < 1.29 is 13.2 Å². The molecule has 0 fully saturated rings. The second-order valence-corrected chi connectivity index (χ2v) is 8.92. The third kappa shape index (κ3) is 5.07. The summed E-state index contributed by atoms with van der Waals surface area (Å²) in [5, 5.41) is 2.99. The predicted octanol–water partition coefficient (Wildman–Crippen LogP) is 4.85. The normalized spacial score (nSPS) is 12.2. The highest BCUT2D eigenvalue weighted by Crippen LogP contribution is 2.22. The zero-order chi connectivity index (χ0) is 21.7. The van der Waals surface area contributed by atoms with Gasteiger partial charge in [-0.3, -0.25) is 9.52 Å². The lowest BCUT2D eigenvalue weighted by Gasteiger charge is -2.16. The van der Waals surface area contributed by atoms with Gasteiger partial charge in [0, 0.05) is 5.56 Å². The summed E-state index contributed by atoms with van der Waals surface area (Å²) >= 11 is 0. The van der Waals surface area contributed by atoms with Crippen molar-refractivity contribution in [2.24, 2.45) is 0 Å². The molecule has 0 aliphatic rings. The van der Waals surface area contributed by atoms with Crippen molar-refractivity contribution in [3.63, 3.8) is 0 Å². The standard InChI is InChI=1S/C24H26N2O3S/c1-4-19-10-12-20(13-11-19)18(3)25-24(27)21-14-15-23(17(2)16-21)26-30(28,29)22-8-6-5-7-9-22/h5-16,18,26H,4H2,1-3H3,(H,25,27)/t18-/m1/s1. The van der Waals surface area contributed by atoms with Gasteiger partial charge in [0.05, 0.1) is 16.6 Å². The zero-order valence-corrected chi connectivity index (χ0v) is 18.2. The lowest BCUT2D eigenvalue weighted by molar-refractivity contribution is 0.0940. The zero-order valence-electron chi connectivity index (χ0n) is 17.3. The summed E-state index contributed by atoms with van der Waals surface area (Å²) in [5.41, 5.74) is 3.87.